The molecule has 3 nitrogen and oxygen atoms in total. The van der Waals surface area contributed by atoms with Crippen LogP contribution in [0.1, 0.15) is 37.1 Å². The Morgan fingerprint density at radius 3 is 2.50 bits per heavy atom. The SMILES string of the molecule is N#CC(=C1CCCCC1)c1nc(-c2ccc(OC(F)F)cc2)cs1. The van der Waals surface area contributed by atoms with Crippen LogP contribution in [0.25, 0.3) is 16.8 Å². The molecule has 0 radical (unpaired) electrons. The van der Waals surface area contributed by atoms with E-state index in [2.05, 4.69) is 15.8 Å². The Kier molecular flexibility index (Phi) is 5.21. The Morgan fingerprint density at radius 2 is 1.88 bits per heavy atom. The number of benzene rings is 1. The molecule has 2 aromatic rings. The summed E-state index contributed by atoms with van der Waals surface area (Å²) in [5.74, 6) is 0.117. The molecule has 0 unspecified atom stereocenters. The van der Waals surface area contributed by atoms with E-state index in [1.54, 1.807) is 12.1 Å². The first-order valence-corrected chi connectivity index (χ1v) is 8.68. The summed E-state index contributed by atoms with van der Waals surface area (Å²) in [6.45, 7) is -2.83. The average Bonchev–Trinajstić information content (AvgIpc) is 3.06. The third-order valence-electron chi connectivity index (χ3n) is 4.02. The van der Waals surface area contributed by atoms with E-state index in [0.717, 1.165) is 41.9 Å². The smallest absolute Gasteiger partial charge is 0.387 e. The zero-order chi connectivity index (χ0) is 16.9. The lowest BCUT2D eigenvalue weighted by molar-refractivity contribution is -0.0498. The Labute approximate surface area is 143 Å². The molecule has 0 aliphatic heterocycles. The number of nitriles is 1. The van der Waals surface area contributed by atoms with Crippen molar-refractivity contribution in [2.45, 2.75) is 38.7 Å². The molecule has 1 saturated carbocycles. The maximum absolute atomic E-state index is 12.2. The van der Waals surface area contributed by atoms with Crippen molar-refractivity contribution in [2.24, 2.45) is 0 Å². The fraction of sp³-hybridized carbons (Fsp3) is 0.333. The molecule has 1 aliphatic carbocycles. The quantitative estimate of drug-likeness (QED) is 0.672. The van der Waals surface area contributed by atoms with E-state index >= 15 is 0 Å². The molecule has 0 saturated heterocycles. The number of allylic oxidation sites excluding steroid dienone is 2. The summed E-state index contributed by atoms with van der Waals surface area (Å²) in [6, 6.07) is 8.67. The van der Waals surface area contributed by atoms with Crippen molar-refractivity contribution in [1.29, 1.82) is 5.26 Å². The number of aromatic nitrogens is 1. The van der Waals surface area contributed by atoms with Crippen LogP contribution < -0.4 is 4.74 Å². The van der Waals surface area contributed by atoms with Crippen molar-refractivity contribution in [3.63, 3.8) is 0 Å². The molecule has 1 aromatic carbocycles. The van der Waals surface area contributed by atoms with Crippen molar-refractivity contribution in [2.75, 3.05) is 0 Å². The third kappa shape index (κ3) is 3.80. The normalized spacial score (nSPS) is 14.5. The first kappa shape index (κ1) is 16.6. The second-order valence-electron chi connectivity index (χ2n) is 5.59. The summed E-state index contributed by atoms with van der Waals surface area (Å²) in [4.78, 5) is 4.57. The number of halogens is 2. The molecule has 0 N–H and O–H groups in total. The number of thiazole rings is 1. The van der Waals surface area contributed by atoms with Gasteiger partial charge in [-0.25, -0.2) is 4.98 Å². The van der Waals surface area contributed by atoms with Crippen molar-refractivity contribution < 1.29 is 13.5 Å². The summed E-state index contributed by atoms with van der Waals surface area (Å²) < 4.78 is 28.7. The maximum atomic E-state index is 12.2. The molecule has 0 bridgehead atoms. The minimum Gasteiger partial charge on any atom is -0.435 e. The van der Waals surface area contributed by atoms with Gasteiger partial charge >= 0.3 is 6.61 Å². The van der Waals surface area contributed by atoms with Crippen LogP contribution in [0.5, 0.6) is 5.75 Å². The van der Waals surface area contributed by atoms with Gasteiger partial charge in [-0.2, -0.15) is 14.0 Å². The minimum absolute atomic E-state index is 0.117. The van der Waals surface area contributed by atoms with Crippen LogP contribution in [0.2, 0.25) is 0 Å². The highest BCUT2D eigenvalue weighted by Gasteiger charge is 2.16. The highest BCUT2D eigenvalue weighted by Crippen LogP contribution is 2.33. The first-order valence-electron chi connectivity index (χ1n) is 7.80. The second kappa shape index (κ2) is 7.54. The van der Waals surface area contributed by atoms with E-state index in [4.69, 9.17) is 0 Å². The lowest BCUT2D eigenvalue weighted by Crippen LogP contribution is -2.01. The topological polar surface area (TPSA) is 45.9 Å². The van der Waals surface area contributed by atoms with Gasteiger partial charge < -0.3 is 4.74 Å². The molecular weight excluding hydrogens is 330 g/mol. The fourth-order valence-electron chi connectivity index (χ4n) is 2.83. The minimum atomic E-state index is -2.83. The van der Waals surface area contributed by atoms with Crippen molar-refractivity contribution >= 4 is 16.9 Å². The summed E-state index contributed by atoms with van der Waals surface area (Å²) in [5.41, 5.74) is 3.45. The van der Waals surface area contributed by atoms with Crippen molar-refractivity contribution in [3.8, 4) is 23.1 Å². The molecule has 6 heteroatoms. The summed E-state index contributed by atoms with van der Waals surface area (Å²) in [6.07, 6.45) is 5.42. The van der Waals surface area contributed by atoms with Gasteiger partial charge in [0.1, 0.15) is 16.8 Å². The summed E-state index contributed by atoms with van der Waals surface area (Å²) >= 11 is 1.44. The summed E-state index contributed by atoms with van der Waals surface area (Å²) in [7, 11) is 0. The molecule has 1 aromatic heterocycles. The third-order valence-corrected chi connectivity index (χ3v) is 4.88. The Hall–Kier alpha value is -2.26. The fourth-order valence-corrected chi connectivity index (χ4v) is 3.71. The van der Waals surface area contributed by atoms with Gasteiger partial charge in [0.2, 0.25) is 0 Å². The number of nitrogens with zero attached hydrogens (tertiary/aromatic N) is 2. The van der Waals surface area contributed by atoms with E-state index in [0.29, 0.717) is 5.57 Å². The van der Waals surface area contributed by atoms with Crippen molar-refractivity contribution in [3.05, 3.63) is 40.2 Å². The lowest BCUT2D eigenvalue weighted by Gasteiger charge is -2.14. The van der Waals surface area contributed by atoms with Crippen LogP contribution in [-0.2, 0) is 0 Å². The van der Waals surface area contributed by atoms with Crippen LogP contribution in [-0.4, -0.2) is 11.6 Å². The van der Waals surface area contributed by atoms with Gasteiger partial charge in [-0.3, -0.25) is 0 Å². The monoisotopic (exact) mass is 346 g/mol. The van der Waals surface area contributed by atoms with E-state index < -0.39 is 6.61 Å². The molecule has 1 fully saturated rings. The predicted octanol–water partition coefficient (Wildman–Crippen LogP) is 5.65. The number of alkyl halides is 2. The Balaban J connectivity index is 1.83. The van der Waals surface area contributed by atoms with Gasteiger partial charge in [0.05, 0.1) is 11.3 Å². The molecular formula is C18H16F2N2OS. The zero-order valence-corrected chi connectivity index (χ0v) is 13.8. The molecule has 0 amide bonds. The molecule has 1 heterocycles. The van der Waals surface area contributed by atoms with Gasteiger partial charge in [0.25, 0.3) is 0 Å². The second-order valence-corrected chi connectivity index (χ2v) is 6.45. The van der Waals surface area contributed by atoms with Crippen LogP contribution >= 0.6 is 11.3 Å². The Bertz CT molecular complexity index is 767. The van der Waals surface area contributed by atoms with Crippen LogP contribution in [0.15, 0.2) is 35.2 Å². The Morgan fingerprint density at radius 1 is 1.17 bits per heavy atom. The maximum Gasteiger partial charge on any atom is 0.387 e. The van der Waals surface area contributed by atoms with Gasteiger partial charge in [0, 0.05) is 10.9 Å². The standard InChI is InChI=1S/C18H16F2N2OS/c19-18(20)23-14-8-6-13(7-9-14)16-11-24-17(22-16)15(10-21)12-4-2-1-3-5-12/h6-9,11,18H,1-5H2. The molecule has 0 spiro atoms. The number of hydrogen-bond donors (Lipinski definition) is 0. The number of ether oxygens (including phenoxy) is 1. The highest BCUT2D eigenvalue weighted by atomic mass is 32.1. The van der Waals surface area contributed by atoms with Gasteiger partial charge in [-0.15, -0.1) is 11.3 Å². The summed E-state index contributed by atoms with van der Waals surface area (Å²) in [5, 5.41) is 12.1. The number of rotatable bonds is 4. The number of hydrogen-bond acceptors (Lipinski definition) is 4. The van der Waals surface area contributed by atoms with Gasteiger partial charge in [-0.1, -0.05) is 6.42 Å². The largest absolute Gasteiger partial charge is 0.435 e. The van der Waals surface area contributed by atoms with E-state index in [1.165, 1.54) is 35.5 Å². The predicted molar refractivity (Wildman–Crippen MR) is 89.8 cm³/mol. The van der Waals surface area contributed by atoms with Crippen LogP contribution in [0.3, 0.4) is 0 Å². The molecule has 3 rings (SSSR count). The molecule has 124 valence electrons. The molecule has 0 atom stereocenters. The van der Waals surface area contributed by atoms with Crippen LogP contribution in [0.4, 0.5) is 8.78 Å². The van der Waals surface area contributed by atoms with E-state index in [1.807, 2.05) is 5.38 Å². The van der Waals surface area contributed by atoms with Gasteiger partial charge in [0.15, 0.2) is 0 Å². The lowest BCUT2D eigenvalue weighted by atomic mass is 9.91. The first-order chi connectivity index (χ1) is 11.7. The van der Waals surface area contributed by atoms with E-state index in [9.17, 15) is 14.0 Å². The molecule has 1 aliphatic rings. The zero-order valence-electron chi connectivity index (χ0n) is 13.0. The van der Waals surface area contributed by atoms with E-state index in [-0.39, 0.29) is 5.75 Å². The van der Waals surface area contributed by atoms with Gasteiger partial charge in [-0.05, 0) is 55.5 Å². The van der Waals surface area contributed by atoms with Crippen LogP contribution in [0, 0.1) is 11.3 Å². The highest BCUT2D eigenvalue weighted by molar-refractivity contribution is 7.11. The van der Waals surface area contributed by atoms with Crippen molar-refractivity contribution in [1.82, 2.24) is 4.98 Å². The average molecular weight is 346 g/mol. The molecule has 24 heavy (non-hydrogen) atoms.